The Labute approximate surface area is 101 Å². The lowest BCUT2D eigenvalue weighted by Gasteiger charge is -2.06. The van der Waals surface area contributed by atoms with Crippen LogP contribution in [0.3, 0.4) is 0 Å². The zero-order valence-corrected chi connectivity index (χ0v) is 10.6. The summed E-state index contributed by atoms with van der Waals surface area (Å²) in [4.78, 5) is 0.266. The van der Waals surface area contributed by atoms with Crippen LogP contribution < -0.4 is 10.5 Å². The molecule has 16 heavy (non-hydrogen) atoms. The normalized spacial score (nSPS) is 11.3. The van der Waals surface area contributed by atoms with Crippen molar-refractivity contribution in [2.75, 3.05) is 6.54 Å². The highest BCUT2D eigenvalue weighted by molar-refractivity contribution is 7.88. The fraction of sp³-hybridized carbons (Fsp3) is 0.300. The minimum Gasteiger partial charge on any atom is -0.389 e. The van der Waals surface area contributed by atoms with Crippen molar-refractivity contribution in [2.24, 2.45) is 5.73 Å². The van der Waals surface area contributed by atoms with Gasteiger partial charge in [-0.2, -0.15) is 0 Å². The molecule has 0 saturated carbocycles. The maximum Gasteiger partial charge on any atom is 0.215 e. The monoisotopic (exact) mass is 258 g/mol. The van der Waals surface area contributed by atoms with Crippen LogP contribution in [0.4, 0.5) is 0 Å². The molecule has 0 atom stereocenters. The summed E-state index contributed by atoms with van der Waals surface area (Å²) in [5, 5.41) is 0. The predicted molar refractivity (Wildman–Crippen MR) is 68.6 cm³/mol. The minimum absolute atomic E-state index is 0.0582. The second-order valence-corrected chi connectivity index (χ2v) is 5.57. The van der Waals surface area contributed by atoms with Gasteiger partial charge in [-0.1, -0.05) is 37.3 Å². The molecule has 0 aliphatic heterocycles. The molecular formula is C10H14N2O2S2. The lowest BCUT2D eigenvalue weighted by molar-refractivity contribution is 0.583. The molecule has 88 valence electrons. The molecule has 0 heterocycles. The second kappa shape index (κ2) is 5.38. The van der Waals surface area contributed by atoms with Crippen LogP contribution in [-0.2, 0) is 15.8 Å². The molecule has 0 amide bonds. The van der Waals surface area contributed by atoms with Gasteiger partial charge in [0.05, 0.1) is 5.75 Å². The molecule has 0 aromatic heterocycles. The molecule has 0 bridgehead atoms. The fourth-order valence-corrected chi connectivity index (χ4v) is 2.59. The Morgan fingerprint density at radius 1 is 1.50 bits per heavy atom. The van der Waals surface area contributed by atoms with E-state index in [1.165, 1.54) is 0 Å². The largest absolute Gasteiger partial charge is 0.389 e. The highest BCUT2D eigenvalue weighted by Crippen LogP contribution is 2.08. The van der Waals surface area contributed by atoms with Crippen molar-refractivity contribution in [3.05, 3.63) is 35.4 Å². The van der Waals surface area contributed by atoms with Gasteiger partial charge in [0.15, 0.2) is 0 Å². The van der Waals surface area contributed by atoms with E-state index in [4.69, 9.17) is 18.0 Å². The summed E-state index contributed by atoms with van der Waals surface area (Å²) in [6.45, 7) is 2.13. The Balaban J connectivity index is 2.90. The van der Waals surface area contributed by atoms with Gasteiger partial charge in [0, 0.05) is 12.1 Å². The average Bonchev–Trinajstić information content (AvgIpc) is 2.17. The Hall–Kier alpha value is -0.980. The van der Waals surface area contributed by atoms with E-state index in [1.807, 2.05) is 0 Å². The molecule has 4 nitrogen and oxygen atoms in total. The summed E-state index contributed by atoms with van der Waals surface area (Å²) in [6.07, 6.45) is 0. The minimum atomic E-state index is -3.26. The standard InChI is InChI=1S/C10H14N2O2S2/c1-2-12-16(13,14)7-8-4-3-5-9(6-8)10(11)15/h3-6,12H,2,7H2,1H3,(H2,11,15). The highest BCUT2D eigenvalue weighted by Gasteiger charge is 2.10. The van der Waals surface area contributed by atoms with Gasteiger partial charge in [0.25, 0.3) is 0 Å². The van der Waals surface area contributed by atoms with Gasteiger partial charge in [-0.25, -0.2) is 13.1 Å². The summed E-state index contributed by atoms with van der Waals surface area (Å²) in [5.74, 6) is -0.0582. The summed E-state index contributed by atoms with van der Waals surface area (Å²) < 4.78 is 25.4. The molecule has 6 heteroatoms. The molecule has 0 aliphatic rings. The third-order valence-corrected chi connectivity index (χ3v) is 3.61. The number of nitrogens with one attached hydrogen (secondary N) is 1. The topological polar surface area (TPSA) is 72.2 Å². The van der Waals surface area contributed by atoms with Crippen LogP contribution in [0.1, 0.15) is 18.1 Å². The van der Waals surface area contributed by atoms with Crippen LogP contribution >= 0.6 is 12.2 Å². The van der Waals surface area contributed by atoms with E-state index >= 15 is 0 Å². The van der Waals surface area contributed by atoms with Gasteiger partial charge >= 0.3 is 0 Å². The van der Waals surface area contributed by atoms with Crippen LogP contribution in [0.2, 0.25) is 0 Å². The third-order valence-electron chi connectivity index (χ3n) is 1.93. The first-order valence-electron chi connectivity index (χ1n) is 4.80. The molecule has 0 aliphatic carbocycles. The summed E-state index contributed by atoms with van der Waals surface area (Å²) >= 11 is 4.83. The summed E-state index contributed by atoms with van der Waals surface area (Å²) in [6, 6.07) is 6.92. The number of thiocarbonyl (C=S) groups is 1. The second-order valence-electron chi connectivity index (χ2n) is 3.32. The van der Waals surface area contributed by atoms with E-state index in [-0.39, 0.29) is 10.7 Å². The van der Waals surface area contributed by atoms with Crippen LogP contribution in [0.5, 0.6) is 0 Å². The lowest BCUT2D eigenvalue weighted by Crippen LogP contribution is -2.24. The first-order valence-corrected chi connectivity index (χ1v) is 6.87. The number of rotatable bonds is 5. The number of nitrogens with two attached hydrogens (primary N) is 1. The van der Waals surface area contributed by atoms with Crippen LogP contribution in [0, 0.1) is 0 Å². The quantitative estimate of drug-likeness (QED) is 0.765. The highest BCUT2D eigenvalue weighted by atomic mass is 32.2. The molecule has 0 spiro atoms. The van der Waals surface area contributed by atoms with E-state index in [0.717, 1.165) is 0 Å². The SMILES string of the molecule is CCNS(=O)(=O)Cc1cccc(C(N)=S)c1. The number of benzene rings is 1. The molecule has 0 fully saturated rings. The van der Waals surface area contributed by atoms with Crippen molar-refractivity contribution < 1.29 is 8.42 Å². The molecular weight excluding hydrogens is 244 g/mol. The zero-order valence-electron chi connectivity index (χ0n) is 8.93. The lowest BCUT2D eigenvalue weighted by atomic mass is 10.1. The molecule has 0 unspecified atom stereocenters. The van der Waals surface area contributed by atoms with Crippen molar-refractivity contribution in [1.82, 2.24) is 4.72 Å². The van der Waals surface area contributed by atoms with Crippen molar-refractivity contribution in [2.45, 2.75) is 12.7 Å². The van der Waals surface area contributed by atoms with E-state index in [2.05, 4.69) is 4.72 Å². The third kappa shape index (κ3) is 3.88. The van der Waals surface area contributed by atoms with E-state index in [0.29, 0.717) is 17.7 Å². The van der Waals surface area contributed by atoms with Crippen molar-refractivity contribution in [3.63, 3.8) is 0 Å². The summed E-state index contributed by atoms with van der Waals surface area (Å²) in [5.41, 5.74) is 6.82. The van der Waals surface area contributed by atoms with Gasteiger partial charge in [-0.05, 0) is 11.6 Å². The smallest absolute Gasteiger partial charge is 0.215 e. The average molecular weight is 258 g/mol. The van der Waals surface area contributed by atoms with Gasteiger partial charge < -0.3 is 5.73 Å². The van der Waals surface area contributed by atoms with Crippen molar-refractivity contribution >= 4 is 27.2 Å². The fourth-order valence-electron chi connectivity index (χ4n) is 1.30. The van der Waals surface area contributed by atoms with Crippen molar-refractivity contribution in [3.8, 4) is 0 Å². The molecule has 0 saturated heterocycles. The predicted octanol–water partition coefficient (Wildman–Crippen LogP) is 0.760. The van der Waals surface area contributed by atoms with E-state index in [1.54, 1.807) is 31.2 Å². The number of sulfonamides is 1. The maximum absolute atomic E-state index is 11.5. The van der Waals surface area contributed by atoms with E-state index in [9.17, 15) is 8.42 Å². The first-order chi connectivity index (χ1) is 7.44. The van der Waals surface area contributed by atoms with Gasteiger partial charge in [-0.15, -0.1) is 0 Å². The first kappa shape index (κ1) is 13.1. The Morgan fingerprint density at radius 2 is 2.19 bits per heavy atom. The Bertz CT molecular complexity index is 483. The molecule has 0 radical (unpaired) electrons. The molecule has 3 N–H and O–H groups in total. The zero-order chi connectivity index (χ0) is 12.2. The van der Waals surface area contributed by atoms with Gasteiger partial charge in [-0.3, -0.25) is 0 Å². The van der Waals surface area contributed by atoms with Gasteiger partial charge in [0.2, 0.25) is 10.0 Å². The van der Waals surface area contributed by atoms with E-state index < -0.39 is 10.0 Å². The number of hydrogen-bond acceptors (Lipinski definition) is 3. The molecule has 1 aromatic carbocycles. The van der Waals surface area contributed by atoms with Crippen LogP contribution in [0.25, 0.3) is 0 Å². The van der Waals surface area contributed by atoms with Crippen LogP contribution in [0.15, 0.2) is 24.3 Å². The van der Waals surface area contributed by atoms with Crippen molar-refractivity contribution in [1.29, 1.82) is 0 Å². The van der Waals surface area contributed by atoms with Gasteiger partial charge in [0.1, 0.15) is 4.99 Å². The Kier molecular flexibility index (Phi) is 4.40. The maximum atomic E-state index is 11.5. The summed E-state index contributed by atoms with van der Waals surface area (Å²) in [7, 11) is -3.26. The Morgan fingerprint density at radius 3 is 2.75 bits per heavy atom. The molecule has 1 aromatic rings. The molecule has 1 rings (SSSR count). The van der Waals surface area contributed by atoms with Crippen LogP contribution in [-0.4, -0.2) is 20.0 Å². The number of hydrogen-bond donors (Lipinski definition) is 2.